The van der Waals surface area contributed by atoms with Crippen molar-refractivity contribution in [3.63, 3.8) is 0 Å². The van der Waals surface area contributed by atoms with Crippen molar-refractivity contribution in [1.82, 2.24) is 34.1 Å². The van der Waals surface area contributed by atoms with E-state index in [9.17, 15) is 0 Å². The molecule has 0 fully saturated rings. The minimum Gasteiger partial charge on any atom is -0.316 e. The molecule has 0 radical (unpaired) electrons. The highest BCUT2D eigenvalue weighted by Gasteiger charge is 2.20. The quantitative estimate of drug-likeness (QED) is 0.171. The summed E-state index contributed by atoms with van der Waals surface area (Å²) in [7, 11) is 0. The molecule has 0 aliphatic carbocycles. The van der Waals surface area contributed by atoms with E-state index in [4.69, 9.17) is 24.9 Å². The molecule has 0 saturated heterocycles. The largest absolute Gasteiger partial charge is 0.316 e. The number of hydrogen-bond donors (Lipinski definition) is 0. The van der Waals surface area contributed by atoms with Crippen molar-refractivity contribution in [1.29, 1.82) is 0 Å². The molecule has 4 heterocycles. The third-order valence-electron chi connectivity index (χ3n) is 10.4. The Kier molecular flexibility index (Phi) is 7.35. The fraction of sp³-hybridized carbons (Fsp3) is 0. The van der Waals surface area contributed by atoms with Gasteiger partial charge in [0, 0.05) is 55.8 Å². The summed E-state index contributed by atoms with van der Waals surface area (Å²) in [6.45, 7) is 0. The number of hydrogen-bond acceptors (Lipinski definition) is 5. The van der Waals surface area contributed by atoms with Gasteiger partial charge in [0.15, 0.2) is 23.3 Å². The van der Waals surface area contributed by atoms with Gasteiger partial charge in [-0.1, -0.05) is 121 Å². The topological polar surface area (TPSA) is 74.3 Å². The van der Waals surface area contributed by atoms with Gasteiger partial charge in [0.1, 0.15) is 5.69 Å². The Hall–Kier alpha value is -7.77. The molecule has 7 heteroatoms. The normalized spacial score (nSPS) is 11.6. The highest BCUT2D eigenvalue weighted by atomic mass is 15.1. The van der Waals surface area contributed by atoms with Gasteiger partial charge < -0.3 is 9.13 Å². The van der Waals surface area contributed by atoms with Gasteiger partial charge in [-0.3, -0.25) is 0 Å². The summed E-state index contributed by atoms with van der Waals surface area (Å²) in [6, 6.07) is 62.4. The first-order valence-electron chi connectivity index (χ1n) is 18.6. The molecule has 11 rings (SSSR count). The molecular formula is C49H31N7. The van der Waals surface area contributed by atoms with Crippen LogP contribution in [-0.2, 0) is 0 Å². The van der Waals surface area contributed by atoms with Crippen LogP contribution in [0.3, 0.4) is 0 Å². The fourth-order valence-corrected chi connectivity index (χ4v) is 7.81. The molecule has 11 aromatic rings. The molecule has 0 aliphatic heterocycles. The van der Waals surface area contributed by atoms with E-state index in [1.54, 1.807) is 0 Å². The van der Waals surface area contributed by atoms with Gasteiger partial charge in [-0.15, -0.1) is 0 Å². The Morgan fingerprint density at radius 3 is 1.61 bits per heavy atom. The van der Waals surface area contributed by atoms with Crippen LogP contribution in [0.15, 0.2) is 188 Å². The predicted molar refractivity (Wildman–Crippen MR) is 226 cm³/mol. The lowest BCUT2D eigenvalue weighted by Gasteiger charge is -2.12. The Bertz CT molecular complexity index is 3170. The molecule has 4 aromatic heterocycles. The van der Waals surface area contributed by atoms with Crippen molar-refractivity contribution in [2.75, 3.05) is 0 Å². The SMILES string of the molecule is c1ccc(-c2nc(-c3ccccc3)nc(-c3nc(-c4ccc(-n5c6ccccc6c6ccc7c(ccn7-c7ccccc7)c65)cc4)nc4ccccc34)n2)cc1. The van der Waals surface area contributed by atoms with Crippen LogP contribution in [0.25, 0.3) is 101 Å². The van der Waals surface area contributed by atoms with E-state index in [2.05, 4.69) is 112 Å². The Morgan fingerprint density at radius 2 is 0.893 bits per heavy atom. The molecule has 0 saturated carbocycles. The first-order valence-corrected chi connectivity index (χ1v) is 18.6. The maximum atomic E-state index is 5.20. The Morgan fingerprint density at radius 1 is 0.321 bits per heavy atom. The van der Waals surface area contributed by atoms with E-state index in [-0.39, 0.29) is 0 Å². The Balaban J connectivity index is 1.07. The van der Waals surface area contributed by atoms with Gasteiger partial charge >= 0.3 is 0 Å². The lowest BCUT2D eigenvalue weighted by Crippen LogP contribution is -2.03. The van der Waals surface area contributed by atoms with E-state index in [0.717, 1.165) is 50.0 Å². The van der Waals surface area contributed by atoms with Crippen LogP contribution in [0.4, 0.5) is 0 Å². The van der Waals surface area contributed by atoms with Crippen LogP contribution in [0.2, 0.25) is 0 Å². The van der Waals surface area contributed by atoms with E-state index in [0.29, 0.717) is 29.0 Å². The number of rotatable bonds is 6. The zero-order valence-corrected chi connectivity index (χ0v) is 30.0. The van der Waals surface area contributed by atoms with Gasteiger partial charge in [-0.2, -0.15) is 0 Å². The average molecular weight is 718 g/mol. The zero-order valence-electron chi connectivity index (χ0n) is 30.0. The molecule has 262 valence electrons. The van der Waals surface area contributed by atoms with Crippen molar-refractivity contribution in [3.8, 4) is 57.1 Å². The van der Waals surface area contributed by atoms with Crippen molar-refractivity contribution < 1.29 is 0 Å². The van der Waals surface area contributed by atoms with Crippen molar-refractivity contribution in [2.24, 2.45) is 0 Å². The first kappa shape index (κ1) is 31.7. The smallest absolute Gasteiger partial charge is 0.183 e. The minimum absolute atomic E-state index is 0.492. The number of para-hydroxylation sites is 3. The maximum Gasteiger partial charge on any atom is 0.183 e. The summed E-state index contributed by atoms with van der Waals surface area (Å²) in [5, 5.41) is 4.49. The molecule has 7 aromatic carbocycles. The lowest BCUT2D eigenvalue weighted by molar-refractivity contribution is 1.06. The van der Waals surface area contributed by atoms with E-state index >= 15 is 0 Å². The van der Waals surface area contributed by atoms with Gasteiger partial charge in [0.05, 0.1) is 22.1 Å². The second-order valence-corrected chi connectivity index (χ2v) is 13.8. The van der Waals surface area contributed by atoms with E-state index in [1.807, 2.05) is 84.9 Å². The predicted octanol–water partition coefficient (Wildman–Crippen LogP) is 11.5. The number of aromatic nitrogens is 7. The summed E-state index contributed by atoms with van der Waals surface area (Å²) in [5.74, 6) is 2.26. The average Bonchev–Trinajstić information content (AvgIpc) is 3.87. The monoisotopic (exact) mass is 717 g/mol. The first-order chi connectivity index (χ1) is 27.8. The lowest BCUT2D eigenvalue weighted by atomic mass is 10.1. The highest BCUT2D eigenvalue weighted by Crippen LogP contribution is 2.38. The second-order valence-electron chi connectivity index (χ2n) is 13.8. The van der Waals surface area contributed by atoms with Gasteiger partial charge in [-0.05, 0) is 60.7 Å². The van der Waals surface area contributed by atoms with Crippen LogP contribution in [0, 0.1) is 0 Å². The van der Waals surface area contributed by atoms with Crippen molar-refractivity contribution >= 4 is 43.6 Å². The molecule has 0 amide bonds. The molecule has 7 nitrogen and oxygen atoms in total. The zero-order chi connectivity index (χ0) is 37.0. The van der Waals surface area contributed by atoms with E-state index < -0.39 is 0 Å². The number of benzene rings is 7. The Labute approximate surface area is 321 Å². The molecule has 0 unspecified atom stereocenters. The van der Waals surface area contributed by atoms with Gasteiger partial charge in [0.2, 0.25) is 0 Å². The van der Waals surface area contributed by atoms with Crippen LogP contribution >= 0.6 is 0 Å². The van der Waals surface area contributed by atoms with Crippen molar-refractivity contribution in [2.45, 2.75) is 0 Å². The molecule has 0 aliphatic rings. The molecule has 0 atom stereocenters. The summed E-state index contributed by atoms with van der Waals surface area (Å²) in [6.07, 6.45) is 2.16. The van der Waals surface area contributed by atoms with E-state index in [1.165, 1.54) is 21.7 Å². The third kappa shape index (κ3) is 5.25. The molecule has 0 N–H and O–H groups in total. The standard InChI is InChI=1S/C49H31N7/c1-4-14-32(15-5-1)47-52-48(33-16-6-2-7-17-33)54-49(53-47)44-39-21-10-12-22-41(39)50-46(51-44)34-24-26-36(27-25-34)56-43-23-13-11-20-37(43)38-28-29-42-40(45(38)56)30-31-55(42)35-18-8-3-9-19-35/h1-31H. The molecule has 56 heavy (non-hydrogen) atoms. The molecule has 0 spiro atoms. The van der Waals surface area contributed by atoms with Crippen LogP contribution in [0.1, 0.15) is 0 Å². The van der Waals surface area contributed by atoms with Crippen LogP contribution in [0.5, 0.6) is 0 Å². The van der Waals surface area contributed by atoms with Crippen molar-refractivity contribution in [3.05, 3.63) is 188 Å². The van der Waals surface area contributed by atoms with Crippen LogP contribution in [-0.4, -0.2) is 34.1 Å². The fourth-order valence-electron chi connectivity index (χ4n) is 7.81. The maximum absolute atomic E-state index is 5.20. The second kappa shape index (κ2) is 13.0. The minimum atomic E-state index is 0.492. The molecule has 0 bridgehead atoms. The summed E-state index contributed by atoms with van der Waals surface area (Å²) >= 11 is 0. The number of fused-ring (bicyclic) bond motifs is 6. The van der Waals surface area contributed by atoms with Gasteiger partial charge in [0.25, 0.3) is 0 Å². The highest BCUT2D eigenvalue weighted by molar-refractivity contribution is 6.18. The van der Waals surface area contributed by atoms with Crippen LogP contribution < -0.4 is 0 Å². The summed E-state index contributed by atoms with van der Waals surface area (Å²) < 4.78 is 4.63. The summed E-state index contributed by atoms with van der Waals surface area (Å²) in [4.78, 5) is 25.2. The molecular weight excluding hydrogens is 687 g/mol. The van der Waals surface area contributed by atoms with Gasteiger partial charge in [-0.25, -0.2) is 24.9 Å². The third-order valence-corrected chi connectivity index (χ3v) is 10.4. The summed E-state index contributed by atoms with van der Waals surface area (Å²) in [5.41, 5.74) is 9.83. The number of nitrogens with zero attached hydrogens (tertiary/aromatic N) is 7.